The first-order valence-corrected chi connectivity index (χ1v) is 10.8. The third kappa shape index (κ3) is 5.44. The number of ether oxygens (including phenoxy) is 1. The maximum atomic E-state index is 12.7. The monoisotopic (exact) mass is 379 g/mol. The Bertz CT molecular complexity index is 523. The first-order chi connectivity index (χ1) is 13.0. The van der Waals surface area contributed by atoms with Gasteiger partial charge in [0.2, 0.25) is 11.8 Å². The van der Waals surface area contributed by atoms with Crippen LogP contribution in [0.15, 0.2) is 0 Å². The molecule has 2 saturated heterocycles. The van der Waals surface area contributed by atoms with E-state index in [4.69, 9.17) is 4.74 Å². The Morgan fingerprint density at radius 3 is 2.70 bits per heavy atom. The van der Waals surface area contributed by atoms with Gasteiger partial charge in [0, 0.05) is 64.8 Å². The van der Waals surface area contributed by atoms with Gasteiger partial charge in [-0.2, -0.15) is 0 Å². The summed E-state index contributed by atoms with van der Waals surface area (Å²) in [6.45, 7) is 5.07. The van der Waals surface area contributed by atoms with Gasteiger partial charge in [0.15, 0.2) is 0 Å². The number of piperazine rings is 1. The molecule has 0 bridgehead atoms. The van der Waals surface area contributed by atoms with E-state index in [9.17, 15) is 9.59 Å². The lowest BCUT2D eigenvalue weighted by Gasteiger charge is -2.49. The minimum Gasteiger partial charge on any atom is -0.385 e. The summed E-state index contributed by atoms with van der Waals surface area (Å²) in [6.07, 6.45) is 8.68. The predicted molar refractivity (Wildman–Crippen MR) is 105 cm³/mol. The van der Waals surface area contributed by atoms with Crippen molar-refractivity contribution < 1.29 is 14.3 Å². The molecule has 0 N–H and O–H groups in total. The van der Waals surface area contributed by atoms with Crippen molar-refractivity contribution in [2.45, 2.75) is 63.3 Å². The number of unbranched alkanes of at least 4 members (excludes halogenated alkanes) is 2. The second-order valence-corrected chi connectivity index (χ2v) is 8.80. The van der Waals surface area contributed by atoms with E-state index >= 15 is 0 Å². The number of hydrogen-bond acceptors (Lipinski definition) is 4. The summed E-state index contributed by atoms with van der Waals surface area (Å²) in [4.78, 5) is 31.9. The van der Waals surface area contributed by atoms with E-state index in [1.165, 1.54) is 12.8 Å². The number of amides is 2. The van der Waals surface area contributed by atoms with Crippen LogP contribution in [0.25, 0.3) is 0 Å². The molecule has 2 heterocycles. The smallest absolute Gasteiger partial charge is 0.222 e. The second-order valence-electron chi connectivity index (χ2n) is 8.80. The van der Waals surface area contributed by atoms with Gasteiger partial charge in [-0.1, -0.05) is 6.42 Å². The quantitative estimate of drug-likeness (QED) is 0.606. The third-order valence-electron chi connectivity index (χ3n) is 6.77. The van der Waals surface area contributed by atoms with Crippen molar-refractivity contribution in [3.05, 3.63) is 0 Å². The second kappa shape index (κ2) is 9.37. The average molecular weight is 380 g/mol. The third-order valence-corrected chi connectivity index (χ3v) is 6.77. The molecule has 2 amide bonds. The highest BCUT2D eigenvalue weighted by Gasteiger charge is 2.43. The molecule has 1 aliphatic carbocycles. The van der Waals surface area contributed by atoms with Gasteiger partial charge in [0.1, 0.15) is 0 Å². The predicted octanol–water partition coefficient (Wildman–Crippen LogP) is 2.13. The highest BCUT2D eigenvalue weighted by Crippen LogP contribution is 2.35. The van der Waals surface area contributed by atoms with Gasteiger partial charge in [-0.15, -0.1) is 0 Å². The number of rotatable bonds is 8. The van der Waals surface area contributed by atoms with Crippen molar-refractivity contribution >= 4 is 11.8 Å². The van der Waals surface area contributed by atoms with Crippen LogP contribution < -0.4 is 0 Å². The van der Waals surface area contributed by atoms with Crippen molar-refractivity contribution in [3.63, 3.8) is 0 Å². The molecule has 1 atom stereocenters. The lowest BCUT2D eigenvalue weighted by molar-refractivity contribution is -0.137. The van der Waals surface area contributed by atoms with E-state index in [1.54, 1.807) is 7.11 Å². The average Bonchev–Trinajstić information content (AvgIpc) is 3.49. The summed E-state index contributed by atoms with van der Waals surface area (Å²) in [6, 6.07) is 0. The van der Waals surface area contributed by atoms with Gasteiger partial charge in [-0.3, -0.25) is 14.5 Å². The molecule has 1 saturated carbocycles. The number of likely N-dealkylation sites (tertiary alicyclic amines) is 1. The molecule has 0 aromatic rings. The van der Waals surface area contributed by atoms with Crippen LogP contribution in [0.3, 0.4) is 0 Å². The zero-order valence-corrected chi connectivity index (χ0v) is 17.3. The number of nitrogens with zero attached hydrogens (tertiary/aromatic N) is 3. The molecule has 6 nitrogen and oxygen atoms in total. The number of carbonyl (C=O) groups is 2. The lowest BCUT2D eigenvalue weighted by Crippen LogP contribution is -2.62. The van der Waals surface area contributed by atoms with Crippen LogP contribution in [0, 0.1) is 5.92 Å². The molecule has 2 aliphatic heterocycles. The molecule has 154 valence electrons. The Balaban J connectivity index is 1.54. The maximum Gasteiger partial charge on any atom is 0.222 e. The normalized spacial score (nSPS) is 27.3. The standard InChI is InChI=1S/C21H37N3O3/c1-22-13-14-24(19(25)6-4-3-5-15-27-2)17-21(22)10-9-20(26)23(12-11-21)16-18-7-8-18/h18H,3-17H2,1-2H3/t21-/m1/s1. The summed E-state index contributed by atoms with van der Waals surface area (Å²) in [7, 11) is 3.89. The maximum absolute atomic E-state index is 12.7. The minimum atomic E-state index is -0.0298. The van der Waals surface area contributed by atoms with Crippen LogP contribution >= 0.6 is 0 Å². The molecule has 3 fully saturated rings. The minimum absolute atomic E-state index is 0.0298. The van der Waals surface area contributed by atoms with Gasteiger partial charge in [-0.05, 0) is 51.5 Å². The zero-order chi connectivity index (χ0) is 19.3. The highest BCUT2D eigenvalue weighted by atomic mass is 16.5. The molecular formula is C21H37N3O3. The van der Waals surface area contributed by atoms with E-state index < -0.39 is 0 Å². The Morgan fingerprint density at radius 1 is 1.15 bits per heavy atom. The molecule has 0 unspecified atom stereocenters. The van der Waals surface area contributed by atoms with E-state index in [1.807, 2.05) is 0 Å². The summed E-state index contributed by atoms with van der Waals surface area (Å²) in [5.74, 6) is 1.34. The molecule has 1 spiro atoms. The van der Waals surface area contributed by atoms with E-state index in [0.717, 1.165) is 77.4 Å². The number of carbonyl (C=O) groups excluding carboxylic acids is 2. The van der Waals surface area contributed by atoms with Gasteiger partial charge < -0.3 is 14.5 Å². The zero-order valence-electron chi connectivity index (χ0n) is 17.3. The van der Waals surface area contributed by atoms with Crippen molar-refractivity contribution in [2.75, 3.05) is 53.5 Å². The van der Waals surface area contributed by atoms with Crippen molar-refractivity contribution in [1.29, 1.82) is 0 Å². The van der Waals surface area contributed by atoms with Crippen molar-refractivity contribution in [1.82, 2.24) is 14.7 Å². The molecule has 0 aromatic carbocycles. The van der Waals surface area contributed by atoms with Gasteiger partial charge in [-0.25, -0.2) is 0 Å². The molecule has 6 heteroatoms. The first-order valence-electron chi connectivity index (χ1n) is 10.8. The lowest BCUT2D eigenvalue weighted by atomic mass is 9.86. The molecule has 3 rings (SSSR count). The number of likely N-dealkylation sites (N-methyl/N-ethyl adjacent to an activating group) is 1. The first kappa shape index (κ1) is 20.6. The van der Waals surface area contributed by atoms with Gasteiger partial charge in [0.25, 0.3) is 0 Å². The summed E-state index contributed by atoms with van der Waals surface area (Å²) >= 11 is 0. The van der Waals surface area contributed by atoms with Crippen LogP contribution in [-0.2, 0) is 14.3 Å². The fourth-order valence-electron chi connectivity index (χ4n) is 4.57. The molecule has 0 aromatic heterocycles. The van der Waals surface area contributed by atoms with E-state index in [0.29, 0.717) is 18.7 Å². The Hall–Kier alpha value is -1.14. The molecule has 27 heavy (non-hydrogen) atoms. The molecule has 3 aliphatic rings. The van der Waals surface area contributed by atoms with E-state index in [2.05, 4.69) is 21.7 Å². The topological polar surface area (TPSA) is 53.1 Å². The fourth-order valence-corrected chi connectivity index (χ4v) is 4.57. The van der Waals surface area contributed by atoms with Gasteiger partial charge in [0.05, 0.1) is 0 Å². The largest absolute Gasteiger partial charge is 0.385 e. The summed E-state index contributed by atoms with van der Waals surface area (Å²) in [5.41, 5.74) is -0.0298. The Kier molecular flexibility index (Phi) is 7.15. The van der Waals surface area contributed by atoms with Crippen LogP contribution in [0.4, 0.5) is 0 Å². The van der Waals surface area contributed by atoms with Crippen molar-refractivity contribution in [3.8, 4) is 0 Å². The van der Waals surface area contributed by atoms with Crippen LogP contribution in [-0.4, -0.2) is 85.5 Å². The summed E-state index contributed by atoms with van der Waals surface area (Å²) in [5, 5.41) is 0. The Morgan fingerprint density at radius 2 is 1.96 bits per heavy atom. The Labute approximate surface area is 164 Å². The van der Waals surface area contributed by atoms with Crippen LogP contribution in [0.5, 0.6) is 0 Å². The van der Waals surface area contributed by atoms with E-state index in [-0.39, 0.29) is 11.4 Å². The highest BCUT2D eigenvalue weighted by molar-refractivity contribution is 5.77. The SMILES string of the molecule is COCCCCCC(=O)N1CCN(C)[C@@]2(CCC(=O)N(CC3CC3)CC2)C1. The number of hydrogen-bond donors (Lipinski definition) is 0. The summed E-state index contributed by atoms with van der Waals surface area (Å²) < 4.78 is 5.08. The van der Waals surface area contributed by atoms with Gasteiger partial charge >= 0.3 is 0 Å². The van der Waals surface area contributed by atoms with Crippen molar-refractivity contribution in [2.24, 2.45) is 5.92 Å². The number of methoxy groups -OCH3 is 1. The molecule has 0 radical (unpaired) electrons. The molecular weight excluding hydrogens is 342 g/mol. The van der Waals surface area contributed by atoms with Crippen LogP contribution in [0.2, 0.25) is 0 Å². The fraction of sp³-hybridized carbons (Fsp3) is 0.905. The van der Waals surface area contributed by atoms with Crippen LogP contribution in [0.1, 0.15) is 57.8 Å².